The second kappa shape index (κ2) is 10.4. The Bertz CT molecular complexity index is 528. The van der Waals surface area contributed by atoms with E-state index in [0.717, 1.165) is 70.9 Å². The average molecular weight is 365 g/mol. The van der Waals surface area contributed by atoms with Gasteiger partial charge in [-0.05, 0) is 62.4 Å². The number of piperidine rings is 1. The number of nitrogens with zero attached hydrogens (tertiary/aromatic N) is 2. The summed E-state index contributed by atoms with van der Waals surface area (Å²) in [6, 6.07) is 7.02. The van der Waals surface area contributed by atoms with E-state index in [1.165, 1.54) is 18.9 Å². The number of benzene rings is 1. The highest BCUT2D eigenvalue weighted by atomic mass is 19.1. The van der Waals surface area contributed by atoms with Crippen LogP contribution in [0.3, 0.4) is 0 Å². The van der Waals surface area contributed by atoms with E-state index in [0.29, 0.717) is 12.0 Å². The lowest BCUT2D eigenvalue weighted by Crippen LogP contribution is -2.41. The first kappa shape index (κ1) is 19.7. The summed E-state index contributed by atoms with van der Waals surface area (Å²) in [5.41, 5.74) is 1.06. The number of rotatable bonds is 9. The Hall–Kier alpha value is -1.01. The van der Waals surface area contributed by atoms with Crippen molar-refractivity contribution in [2.45, 2.75) is 38.3 Å². The molecule has 0 amide bonds. The predicted molar refractivity (Wildman–Crippen MR) is 102 cm³/mol. The van der Waals surface area contributed by atoms with Gasteiger partial charge in [-0.25, -0.2) is 4.39 Å². The molecule has 2 aliphatic rings. The van der Waals surface area contributed by atoms with Crippen LogP contribution in [0.15, 0.2) is 24.3 Å². The van der Waals surface area contributed by atoms with Gasteiger partial charge in [-0.15, -0.1) is 0 Å². The predicted octanol–water partition coefficient (Wildman–Crippen LogP) is 3.17. The second-order valence-electron chi connectivity index (χ2n) is 7.74. The summed E-state index contributed by atoms with van der Waals surface area (Å²) in [5, 5.41) is 0. The summed E-state index contributed by atoms with van der Waals surface area (Å²) in [6.45, 7) is 7.89. The lowest BCUT2D eigenvalue weighted by molar-refractivity contribution is 0.0551. The van der Waals surface area contributed by atoms with Crippen LogP contribution >= 0.6 is 0 Å². The van der Waals surface area contributed by atoms with Crippen LogP contribution in [0.5, 0.6) is 0 Å². The summed E-state index contributed by atoms with van der Waals surface area (Å²) in [4.78, 5) is 4.98. The first-order chi connectivity index (χ1) is 12.7. The van der Waals surface area contributed by atoms with Crippen molar-refractivity contribution in [1.29, 1.82) is 0 Å². The zero-order valence-electron chi connectivity index (χ0n) is 16.0. The van der Waals surface area contributed by atoms with Crippen LogP contribution in [0.1, 0.15) is 31.2 Å². The highest BCUT2D eigenvalue weighted by molar-refractivity contribution is 5.16. The molecule has 0 spiro atoms. The third-order valence-electron chi connectivity index (χ3n) is 5.62. The van der Waals surface area contributed by atoms with Crippen molar-refractivity contribution in [1.82, 2.24) is 9.80 Å². The quantitative estimate of drug-likeness (QED) is 0.672. The summed E-state index contributed by atoms with van der Waals surface area (Å²) in [6.07, 6.45) is 5.11. The minimum Gasteiger partial charge on any atom is -0.383 e. The average Bonchev–Trinajstić information content (AvgIpc) is 3.14. The summed E-state index contributed by atoms with van der Waals surface area (Å²) < 4.78 is 24.6. The van der Waals surface area contributed by atoms with Gasteiger partial charge in [-0.2, -0.15) is 0 Å². The fourth-order valence-corrected chi connectivity index (χ4v) is 4.15. The maximum absolute atomic E-state index is 13.6. The molecule has 1 aromatic carbocycles. The lowest BCUT2D eigenvalue weighted by atomic mass is 9.95. The van der Waals surface area contributed by atoms with Crippen LogP contribution in [0.2, 0.25) is 0 Å². The van der Waals surface area contributed by atoms with E-state index >= 15 is 0 Å². The third kappa shape index (κ3) is 6.31. The van der Waals surface area contributed by atoms with Gasteiger partial charge in [0.15, 0.2) is 0 Å². The molecule has 4 nitrogen and oxygen atoms in total. The van der Waals surface area contributed by atoms with Gasteiger partial charge >= 0.3 is 0 Å². The maximum Gasteiger partial charge on any atom is 0.123 e. The zero-order chi connectivity index (χ0) is 18.2. The van der Waals surface area contributed by atoms with Gasteiger partial charge in [0.25, 0.3) is 0 Å². The van der Waals surface area contributed by atoms with E-state index in [9.17, 15) is 4.39 Å². The normalized spacial score (nSPS) is 22.3. The molecule has 0 unspecified atom stereocenters. The fraction of sp³-hybridized carbons (Fsp3) is 0.714. The van der Waals surface area contributed by atoms with Gasteiger partial charge in [-0.1, -0.05) is 12.1 Å². The SMILES string of the molecule is COCCN1CCC(CN(Cc2cccc(F)c2)C[C@@H]2CCCO2)CC1. The first-order valence-electron chi connectivity index (χ1n) is 10.0. The Labute approximate surface area is 157 Å². The maximum atomic E-state index is 13.6. The minimum absolute atomic E-state index is 0.147. The molecule has 146 valence electrons. The Morgan fingerprint density at radius 2 is 2.08 bits per heavy atom. The van der Waals surface area contributed by atoms with E-state index in [4.69, 9.17) is 9.47 Å². The van der Waals surface area contributed by atoms with Crippen LogP contribution in [0.25, 0.3) is 0 Å². The van der Waals surface area contributed by atoms with Crippen molar-refractivity contribution >= 4 is 0 Å². The van der Waals surface area contributed by atoms with Crippen molar-refractivity contribution in [3.05, 3.63) is 35.6 Å². The lowest BCUT2D eigenvalue weighted by Gasteiger charge is -2.35. The summed E-state index contributed by atoms with van der Waals surface area (Å²) in [5.74, 6) is 0.565. The summed E-state index contributed by atoms with van der Waals surface area (Å²) in [7, 11) is 1.77. The minimum atomic E-state index is -0.147. The summed E-state index contributed by atoms with van der Waals surface area (Å²) >= 11 is 0. The third-order valence-corrected chi connectivity index (χ3v) is 5.62. The molecule has 0 aromatic heterocycles. The fourth-order valence-electron chi connectivity index (χ4n) is 4.15. The largest absolute Gasteiger partial charge is 0.383 e. The van der Waals surface area contributed by atoms with E-state index in [2.05, 4.69) is 9.80 Å². The molecule has 26 heavy (non-hydrogen) atoms. The topological polar surface area (TPSA) is 24.9 Å². The number of methoxy groups -OCH3 is 1. The van der Waals surface area contributed by atoms with Crippen LogP contribution in [-0.2, 0) is 16.0 Å². The van der Waals surface area contributed by atoms with Crippen LogP contribution in [0, 0.1) is 11.7 Å². The van der Waals surface area contributed by atoms with Crippen LogP contribution in [0.4, 0.5) is 4.39 Å². The molecule has 2 heterocycles. The Kier molecular flexibility index (Phi) is 7.86. The van der Waals surface area contributed by atoms with E-state index in [1.807, 2.05) is 12.1 Å². The second-order valence-corrected chi connectivity index (χ2v) is 7.74. The number of halogens is 1. The molecule has 0 N–H and O–H groups in total. The molecule has 0 saturated carbocycles. The van der Waals surface area contributed by atoms with Crippen LogP contribution < -0.4 is 0 Å². The van der Waals surface area contributed by atoms with E-state index in [-0.39, 0.29) is 5.82 Å². The smallest absolute Gasteiger partial charge is 0.123 e. The first-order valence-corrected chi connectivity index (χ1v) is 10.0. The molecular weight excluding hydrogens is 331 g/mol. The highest BCUT2D eigenvalue weighted by Gasteiger charge is 2.24. The molecule has 0 aliphatic carbocycles. The molecule has 2 fully saturated rings. The molecule has 1 atom stereocenters. The highest BCUT2D eigenvalue weighted by Crippen LogP contribution is 2.22. The van der Waals surface area contributed by atoms with Gasteiger partial charge in [0.1, 0.15) is 5.82 Å². The van der Waals surface area contributed by atoms with E-state index in [1.54, 1.807) is 13.2 Å². The number of hydrogen-bond donors (Lipinski definition) is 0. The zero-order valence-corrected chi connectivity index (χ0v) is 16.0. The molecule has 0 radical (unpaired) electrons. The molecule has 2 aliphatic heterocycles. The molecular formula is C21H33FN2O2. The van der Waals surface area contributed by atoms with Crippen molar-refractivity contribution in [2.24, 2.45) is 5.92 Å². The standard InChI is InChI=1S/C21H33FN2O2/c1-25-13-11-23-9-7-18(8-10-23)15-24(17-21-6-3-12-26-21)16-19-4-2-5-20(22)14-19/h2,4-5,14,18,21H,3,6-13,15-17H2,1H3/t21-/m0/s1. The van der Waals surface area contributed by atoms with Crippen LogP contribution in [-0.4, -0.2) is 69.0 Å². The van der Waals surface area contributed by atoms with Gasteiger partial charge in [-0.3, -0.25) is 4.90 Å². The Morgan fingerprint density at radius 3 is 2.77 bits per heavy atom. The molecule has 3 rings (SSSR count). The van der Waals surface area contributed by atoms with Gasteiger partial charge in [0.05, 0.1) is 12.7 Å². The Morgan fingerprint density at radius 1 is 1.23 bits per heavy atom. The van der Waals surface area contributed by atoms with E-state index < -0.39 is 0 Å². The van der Waals surface area contributed by atoms with Gasteiger partial charge in [0, 0.05) is 39.9 Å². The number of ether oxygens (including phenoxy) is 2. The van der Waals surface area contributed by atoms with Crippen molar-refractivity contribution in [3.8, 4) is 0 Å². The van der Waals surface area contributed by atoms with Gasteiger partial charge in [0.2, 0.25) is 0 Å². The van der Waals surface area contributed by atoms with Gasteiger partial charge < -0.3 is 14.4 Å². The van der Waals surface area contributed by atoms with Crippen molar-refractivity contribution < 1.29 is 13.9 Å². The number of likely N-dealkylation sites (tertiary alicyclic amines) is 1. The monoisotopic (exact) mass is 364 g/mol. The number of hydrogen-bond acceptors (Lipinski definition) is 4. The molecule has 0 bridgehead atoms. The molecule has 5 heteroatoms. The molecule has 2 saturated heterocycles. The Balaban J connectivity index is 1.53. The van der Waals surface area contributed by atoms with Crippen molar-refractivity contribution in [3.63, 3.8) is 0 Å². The van der Waals surface area contributed by atoms with Crippen molar-refractivity contribution in [2.75, 3.05) is 53.0 Å². The molecule has 1 aromatic rings.